The third kappa shape index (κ3) is 7.21. The third-order valence-electron chi connectivity index (χ3n) is 5.10. The Hall–Kier alpha value is -2.33. The molecule has 1 aliphatic carbocycles. The molecule has 1 saturated carbocycles. The Labute approximate surface area is 176 Å². The SMILES string of the molecule is [2H][C@H]1[C@@H](NC(=O)OC(C)(C)C)CCC[C@H]1N(Cc1ccccc1)Cc1ccccc1. The van der Waals surface area contributed by atoms with E-state index in [1.165, 1.54) is 11.1 Å². The van der Waals surface area contributed by atoms with Crippen molar-refractivity contribution in [1.29, 1.82) is 0 Å². The van der Waals surface area contributed by atoms with Crippen molar-refractivity contribution < 1.29 is 10.9 Å². The van der Waals surface area contributed by atoms with E-state index in [1.54, 1.807) is 0 Å². The molecule has 4 heteroatoms. The molecule has 0 unspecified atom stereocenters. The summed E-state index contributed by atoms with van der Waals surface area (Å²) >= 11 is 0. The number of amides is 1. The molecular formula is C25H34N2O2. The van der Waals surface area contributed by atoms with Crippen LogP contribution in [-0.2, 0) is 17.8 Å². The van der Waals surface area contributed by atoms with Gasteiger partial charge in [-0.15, -0.1) is 0 Å². The van der Waals surface area contributed by atoms with Gasteiger partial charge in [-0.2, -0.15) is 0 Å². The molecule has 3 rings (SSSR count). The first-order valence-electron chi connectivity index (χ1n) is 11.1. The molecular weight excluding hydrogens is 360 g/mol. The van der Waals surface area contributed by atoms with Gasteiger partial charge >= 0.3 is 6.09 Å². The zero-order chi connectivity index (χ0) is 21.6. The van der Waals surface area contributed by atoms with Gasteiger partial charge in [0.15, 0.2) is 0 Å². The molecule has 0 heterocycles. The maximum Gasteiger partial charge on any atom is 0.407 e. The highest BCUT2D eigenvalue weighted by Gasteiger charge is 2.29. The van der Waals surface area contributed by atoms with E-state index < -0.39 is 18.1 Å². The molecule has 0 saturated heterocycles. The quantitative estimate of drug-likeness (QED) is 0.700. The van der Waals surface area contributed by atoms with Gasteiger partial charge in [0.1, 0.15) is 5.60 Å². The molecule has 2 aromatic rings. The largest absolute Gasteiger partial charge is 0.444 e. The van der Waals surface area contributed by atoms with E-state index in [0.29, 0.717) is 0 Å². The average molecular weight is 396 g/mol. The summed E-state index contributed by atoms with van der Waals surface area (Å²) in [6.45, 7) is 7.14. The molecule has 4 nitrogen and oxygen atoms in total. The topological polar surface area (TPSA) is 41.6 Å². The van der Waals surface area contributed by atoms with Crippen molar-refractivity contribution in [2.24, 2.45) is 0 Å². The highest BCUT2D eigenvalue weighted by atomic mass is 16.6. The van der Waals surface area contributed by atoms with Crippen LogP contribution in [0.3, 0.4) is 0 Å². The maximum absolute atomic E-state index is 12.3. The first kappa shape index (κ1) is 20.0. The van der Waals surface area contributed by atoms with E-state index in [2.05, 4.69) is 58.7 Å². The molecule has 0 radical (unpaired) electrons. The lowest BCUT2D eigenvalue weighted by Gasteiger charge is -2.38. The standard InChI is InChI=1S/C25H34N2O2/c1-25(2,3)29-24(28)26-22-15-10-16-23(17-22)27(18-20-11-6-4-7-12-20)19-21-13-8-5-9-14-21/h4-9,11-14,22-23H,10,15-19H2,1-3H3,(H,26,28)/t22-,23+/m0/s1/i17D/t17-,22-,23+. The molecule has 0 aliphatic heterocycles. The van der Waals surface area contributed by atoms with Gasteiger partial charge in [-0.05, 0) is 57.6 Å². The second kappa shape index (κ2) is 9.93. The van der Waals surface area contributed by atoms with Crippen molar-refractivity contribution >= 4 is 6.09 Å². The second-order valence-corrected chi connectivity index (χ2v) is 8.82. The van der Waals surface area contributed by atoms with Crippen LogP contribution < -0.4 is 5.32 Å². The summed E-state index contributed by atoms with van der Waals surface area (Å²) in [6, 6.07) is 20.7. The van der Waals surface area contributed by atoms with E-state index in [9.17, 15) is 4.79 Å². The van der Waals surface area contributed by atoms with Crippen LogP contribution in [0, 0.1) is 0 Å². The van der Waals surface area contributed by atoms with Crippen molar-refractivity contribution in [3.63, 3.8) is 0 Å². The van der Waals surface area contributed by atoms with Crippen LogP contribution >= 0.6 is 0 Å². The lowest BCUT2D eigenvalue weighted by Crippen LogP contribution is -2.46. The fourth-order valence-electron chi connectivity index (χ4n) is 3.82. The Bertz CT molecular complexity index is 750. The van der Waals surface area contributed by atoms with Crippen molar-refractivity contribution in [1.82, 2.24) is 10.2 Å². The Morgan fingerprint density at radius 1 is 1.03 bits per heavy atom. The van der Waals surface area contributed by atoms with Crippen LogP contribution in [0.25, 0.3) is 0 Å². The minimum Gasteiger partial charge on any atom is -0.444 e. The summed E-state index contributed by atoms with van der Waals surface area (Å²) in [4.78, 5) is 14.7. The normalized spacial score (nSPS) is 22.8. The van der Waals surface area contributed by atoms with Gasteiger partial charge in [-0.25, -0.2) is 4.79 Å². The van der Waals surface area contributed by atoms with E-state index in [0.717, 1.165) is 32.4 Å². The Kier molecular flexibility index (Phi) is 6.83. The Morgan fingerprint density at radius 3 is 2.10 bits per heavy atom. The summed E-state index contributed by atoms with van der Waals surface area (Å²) in [5.41, 5.74) is 1.94. The maximum atomic E-state index is 12.3. The number of carbonyl (C=O) groups excluding carboxylic acids is 1. The monoisotopic (exact) mass is 395 g/mol. The highest BCUT2D eigenvalue weighted by molar-refractivity contribution is 5.68. The molecule has 0 aromatic heterocycles. The molecule has 1 fully saturated rings. The molecule has 3 atom stereocenters. The number of hydrogen-bond donors (Lipinski definition) is 1. The number of nitrogens with zero attached hydrogens (tertiary/aromatic N) is 1. The van der Waals surface area contributed by atoms with Crippen molar-refractivity contribution in [2.45, 2.75) is 77.2 Å². The van der Waals surface area contributed by atoms with Gasteiger partial charge < -0.3 is 10.1 Å². The van der Waals surface area contributed by atoms with Crippen LogP contribution in [0.5, 0.6) is 0 Å². The van der Waals surface area contributed by atoms with Crippen LogP contribution in [0.4, 0.5) is 4.79 Å². The van der Waals surface area contributed by atoms with Crippen LogP contribution in [0.2, 0.25) is 0 Å². The number of benzene rings is 2. The van der Waals surface area contributed by atoms with E-state index in [4.69, 9.17) is 6.11 Å². The number of nitrogens with one attached hydrogen (secondary N) is 1. The van der Waals surface area contributed by atoms with Gasteiger partial charge in [-0.3, -0.25) is 4.90 Å². The molecule has 1 amide bonds. The fraction of sp³-hybridized carbons (Fsp3) is 0.480. The van der Waals surface area contributed by atoms with E-state index in [1.807, 2.05) is 32.9 Å². The number of ether oxygens (including phenoxy) is 1. The lowest BCUT2D eigenvalue weighted by atomic mass is 9.89. The minimum absolute atomic E-state index is 0.0686. The van der Waals surface area contributed by atoms with Crippen molar-refractivity contribution in [3.05, 3.63) is 71.8 Å². The Morgan fingerprint density at radius 2 is 1.59 bits per heavy atom. The molecule has 29 heavy (non-hydrogen) atoms. The Balaban J connectivity index is 1.74. The van der Waals surface area contributed by atoms with Crippen LogP contribution in [-0.4, -0.2) is 28.7 Å². The van der Waals surface area contributed by atoms with Crippen molar-refractivity contribution in [2.75, 3.05) is 0 Å². The van der Waals surface area contributed by atoms with E-state index >= 15 is 0 Å². The molecule has 0 spiro atoms. The van der Waals surface area contributed by atoms with E-state index in [-0.39, 0.29) is 12.1 Å². The van der Waals surface area contributed by atoms with Gasteiger partial charge in [-0.1, -0.05) is 60.7 Å². The number of alkyl carbamates (subject to hydrolysis) is 1. The number of hydrogen-bond acceptors (Lipinski definition) is 3. The summed E-state index contributed by atoms with van der Waals surface area (Å²) < 4.78 is 14.4. The van der Waals surface area contributed by atoms with Gasteiger partial charge in [0, 0.05) is 26.5 Å². The first-order chi connectivity index (χ1) is 14.3. The second-order valence-electron chi connectivity index (χ2n) is 8.82. The average Bonchev–Trinajstić information content (AvgIpc) is 2.69. The van der Waals surface area contributed by atoms with Gasteiger partial charge in [0.05, 0.1) is 0 Å². The van der Waals surface area contributed by atoms with Crippen molar-refractivity contribution in [3.8, 4) is 0 Å². The van der Waals surface area contributed by atoms with Crippen LogP contribution in [0.1, 0.15) is 58.9 Å². The van der Waals surface area contributed by atoms with Gasteiger partial charge in [0.2, 0.25) is 0 Å². The molecule has 156 valence electrons. The molecule has 2 aromatic carbocycles. The summed E-state index contributed by atoms with van der Waals surface area (Å²) in [5, 5.41) is 2.96. The first-order valence-corrected chi connectivity index (χ1v) is 10.6. The summed E-state index contributed by atoms with van der Waals surface area (Å²) in [6.07, 6.45) is 1.93. The molecule has 1 N–H and O–H groups in total. The third-order valence-corrected chi connectivity index (χ3v) is 5.10. The fourth-order valence-corrected chi connectivity index (χ4v) is 3.82. The zero-order valence-electron chi connectivity index (χ0n) is 18.8. The smallest absolute Gasteiger partial charge is 0.407 e. The zero-order valence-corrected chi connectivity index (χ0v) is 17.8. The summed E-state index contributed by atoms with van der Waals surface area (Å²) in [7, 11) is 0. The number of carbonyl (C=O) groups is 1. The van der Waals surface area contributed by atoms with Gasteiger partial charge in [0.25, 0.3) is 0 Å². The predicted molar refractivity (Wildman–Crippen MR) is 118 cm³/mol. The highest BCUT2D eigenvalue weighted by Crippen LogP contribution is 2.26. The predicted octanol–water partition coefficient (Wildman–Crippen LogP) is 5.52. The number of rotatable bonds is 6. The molecule has 1 aliphatic rings. The minimum atomic E-state index is -0.539. The molecule has 0 bridgehead atoms. The summed E-state index contributed by atoms with van der Waals surface area (Å²) in [5.74, 6) is 0. The van der Waals surface area contributed by atoms with Crippen LogP contribution in [0.15, 0.2) is 60.7 Å². The lowest BCUT2D eigenvalue weighted by molar-refractivity contribution is 0.0462.